The zero-order valence-corrected chi connectivity index (χ0v) is 18.6. The van der Waals surface area contributed by atoms with Gasteiger partial charge in [-0.3, -0.25) is 4.79 Å². The molecule has 2 saturated heterocycles. The first kappa shape index (κ1) is 22.3. The maximum absolute atomic E-state index is 13.2. The number of piperidine rings is 2. The van der Waals surface area contributed by atoms with Crippen molar-refractivity contribution in [1.29, 1.82) is 0 Å². The van der Waals surface area contributed by atoms with Crippen LogP contribution in [-0.2, 0) is 16.1 Å². The summed E-state index contributed by atoms with van der Waals surface area (Å²) in [5, 5.41) is 0. The van der Waals surface area contributed by atoms with Crippen LogP contribution in [0.5, 0.6) is 5.75 Å². The number of Topliss-reactive ketones (excluding diaryl/α,β-unsaturated/α-hetero) is 1. The van der Waals surface area contributed by atoms with E-state index in [0.29, 0.717) is 31.6 Å². The Morgan fingerprint density at radius 3 is 2.28 bits per heavy atom. The standard InChI is InChI=1S/C26H31NO5/c1-30-14-15-31-24-12-10-20(11-13-24)25(28)21-16-22-8-5-9-23(17-21)27(22)26(29)32-18-19-6-3-2-4-7-19/h2-4,6-7,10-13,21-23H,5,8-9,14-18H2,1H3. The van der Waals surface area contributed by atoms with Crippen molar-refractivity contribution >= 4 is 11.9 Å². The number of carbonyl (C=O) groups excluding carboxylic acids is 2. The number of methoxy groups -OCH3 is 1. The van der Waals surface area contributed by atoms with E-state index < -0.39 is 0 Å². The fourth-order valence-corrected chi connectivity index (χ4v) is 4.88. The monoisotopic (exact) mass is 437 g/mol. The molecule has 6 heteroatoms. The topological polar surface area (TPSA) is 65.1 Å². The van der Waals surface area contributed by atoms with Crippen molar-refractivity contribution in [1.82, 2.24) is 4.90 Å². The van der Waals surface area contributed by atoms with Crippen LogP contribution >= 0.6 is 0 Å². The average Bonchev–Trinajstić information content (AvgIpc) is 2.82. The molecule has 32 heavy (non-hydrogen) atoms. The number of ketones is 1. The minimum atomic E-state index is -0.257. The first-order chi connectivity index (χ1) is 15.7. The van der Waals surface area contributed by atoms with Crippen molar-refractivity contribution in [3.8, 4) is 5.75 Å². The van der Waals surface area contributed by atoms with E-state index in [-0.39, 0.29) is 36.5 Å². The molecule has 2 atom stereocenters. The summed E-state index contributed by atoms with van der Waals surface area (Å²) in [7, 11) is 1.63. The second-order valence-corrected chi connectivity index (χ2v) is 8.58. The lowest BCUT2D eigenvalue weighted by molar-refractivity contribution is 0.00472. The number of hydrogen-bond donors (Lipinski definition) is 0. The lowest BCUT2D eigenvalue weighted by Gasteiger charge is -2.47. The third-order valence-electron chi connectivity index (χ3n) is 6.46. The molecule has 0 N–H and O–H groups in total. The summed E-state index contributed by atoms with van der Waals surface area (Å²) < 4.78 is 16.2. The Balaban J connectivity index is 1.36. The number of carbonyl (C=O) groups is 2. The first-order valence-electron chi connectivity index (χ1n) is 11.4. The van der Waals surface area contributed by atoms with Crippen molar-refractivity contribution in [2.24, 2.45) is 5.92 Å². The van der Waals surface area contributed by atoms with Gasteiger partial charge in [-0.25, -0.2) is 4.79 Å². The molecule has 0 spiro atoms. The molecule has 2 aliphatic rings. The largest absolute Gasteiger partial charge is 0.491 e. The highest BCUT2D eigenvalue weighted by Crippen LogP contribution is 2.39. The summed E-state index contributed by atoms with van der Waals surface area (Å²) in [5.74, 6) is 0.817. The van der Waals surface area contributed by atoms with Crippen LogP contribution < -0.4 is 4.74 Å². The maximum atomic E-state index is 13.2. The van der Waals surface area contributed by atoms with E-state index in [4.69, 9.17) is 14.2 Å². The second-order valence-electron chi connectivity index (χ2n) is 8.58. The molecule has 2 fully saturated rings. The molecular weight excluding hydrogens is 406 g/mol. The van der Waals surface area contributed by atoms with Crippen LogP contribution in [-0.4, -0.2) is 49.2 Å². The molecule has 1 amide bonds. The number of benzene rings is 2. The van der Waals surface area contributed by atoms with Gasteiger partial charge >= 0.3 is 6.09 Å². The Bertz CT molecular complexity index is 884. The highest BCUT2D eigenvalue weighted by Gasteiger charge is 2.43. The number of ether oxygens (including phenoxy) is 3. The Morgan fingerprint density at radius 1 is 0.938 bits per heavy atom. The van der Waals surface area contributed by atoms with Crippen molar-refractivity contribution in [3.63, 3.8) is 0 Å². The molecule has 2 heterocycles. The molecular formula is C26H31NO5. The van der Waals surface area contributed by atoms with Crippen LogP contribution in [0.1, 0.15) is 48.0 Å². The molecule has 2 aromatic rings. The molecule has 6 nitrogen and oxygen atoms in total. The van der Waals surface area contributed by atoms with E-state index in [0.717, 1.165) is 30.6 Å². The Labute approximate surface area is 189 Å². The van der Waals surface area contributed by atoms with Crippen molar-refractivity contribution < 1.29 is 23.8 Å². The predicted molar refractivity (Wildman–Crippen MR) is 121 cm³/mol. The van der Waals surface area contributed by atoms with Gasteiger partial charge in [-0.05, 0) is 61.9 Å². The summed E-state index contributed by atoms with van der Waals surface area (Å²) in [6.07, 6.45) is 4.07. The second kappa shape index (κ2) is 10.6. The van der Waals surface area contributed by atoms with Crippen LogP contribution in [0.2, 0.25) is 0 Å². The van der Waals surface area contributed by atoms with E-state index in [1.54, 1.807) is 7.11 Å². The van der Waals surface area contributed by atoms with Crippen molar-refractivity contribution in [2.75, 3.05) is 20.3 Å². The Hall–Kier alpha value is -2.86. The molecule has 2 aliphatic heterocycles. The molecule has 0 saturated carbocycles. The van der Waals surface area contributed by atoms with Crippen LogP contribution in [0.25, 0.3) is 0 Å². The van der Waals surface area contributed by atoms with Gasteiger partial charge < -0.3 is 19.1 Å². The Kier molecular flexibility index (Phi) is 7.43. The van der Waals surface area contributed by atoms with Gasteiger partial charge in [-0.2, -0.15) is 0 Å². The molecule has 0 aliphatic carbocycles. The number of rotatable bonds is 8. The zero-order valence-electron chi connectivity index (χ0n) is 18.6. The van der Waals surface area contributed by atoms with E-state index in [1.807, 2.05) is 59.5 Å². The molecule has 2 unspecified atom stereocenters. The third kappa shape index (κ3) is 5.30. The van der Waals surface area contributed by atoms with Gasteiger partial charge in [0, 0.05) is 30.7 Å². The number of fused-ring (bicyclic) bond motifs is 2. The average molecular weight is 438 g/mol. The van der Waals surface area contributed by atoms with E-state index in [1.165, 1.54) is 0 Å². The predicted octanol–water partition coefficient (Wildman–Crippen LogP) is 4.86. The molecule has 2 aromatic carbocycles. The van der Waals surface area contributed by atoms with Gasteiger partial charge in [0.25, 0.3) is 0 Å². The van der Waals surface area contributed by atoms with Crippen LogP contribution in [0.15, 0.2) is 54.6 Å². The summed E-state index contributed by atoms with van der Waals surface area (Å²) in [6, 6.07) is 17.2. The summed E-state index contributed by atoms with van der Waals surface area (Å²) >= 11 is 0. The van der Waals surface area contributed by atoms with E-state index in [9.17, 15) is 9.59 Å². The van der Waals surface area contributed by atoms with Crippen LogP contribution in [0.3, 0.4) is 0 Å². The van der Waals surface area contributed by atoms with Crippen LogP contribution in [0.4, 0.5) is 4.79 Å². The first-order valence-corrected chi connectivity index (χ1v) is 11.4. The van der Waals surface area contributed by atoms with Gasteiger partial charge in [0.15, 0.2) is 5.78 Å². The maximum Gasteiger partial charge on any atom is 0.410 e. The smallest absolute Gasteiger partial charge is 0.410 e. The van der Waals surface area contributed by atoms with Crippen LogP contribution in [0, 0.1) is 5.92 Å². The third-order valence-corrected chi connectivity index (χ3v) is 6.46. The number of amides is 1. The fraction of sp³-hybridized carbons (Fsp3) is 0.462. The van der Waals surface area contributed by atoms with Gasteiger partial charge in [-0.15, -0.1) is 0 Å². The van der Waals surface area contributed by atoms with E-state index in [2.05, 4.69) is 0 Å². The molecule has 4 rings (SSSR count). The van der Waals surface area contributed by atoms with Gasteiger partial charge in [0.05, 0.1) is 6.61 Å². The summed E-state index contributed by atoms with van der Waals surface area (Å²) in [4.78, 5) is 28.0. The summed E-state index contributed by atoms with van der Waals surface area (Å²) in [6.45, 7) is 1.28. The molecule has 0 radical (unpaired) electrons. The Morgan fingerprint density at radius 2 is 1.62 bits per heavy atom. The van der Waals surface area contributed by atoms with E-state index >= 15 is 0 Å². The quantitative estimate of drug-likeness (QED) is 0.436. The molecule has 0 aromatic heterocycles. The summed E-state index contributed by atoms with van der Waals surface area (Å²) in [5.41, 5.74) is 1.68. The highest BCUT2D eigenvalue weighted by atomic mass is 16.6. The minimum Gasteiger partial charge on any atom is -0.491 e. The highest BCUT2D eigenvalue weighted by molar-refractivity contribution is 5.98. The van der Waals surface area contributed by atoms with Crippen molar-refractivity contribution in [3.05, 3.63) is 65.7 Å². The molecule has 170 valence electrons. The van der Waals surface area contributed by atoms with Gasteiger partial charge in [-0.1, -0.05) is 30.3 Å². The lowest BCUT2D eigenvalue weighted by Crippen LogP contribution is -2.55. The minimum absolute atomic E-state index is 0.0660. The van der Waals surface area contributed by atoms with Gasteiger partial charge in [0.2, 0.25) is 0 Å². The fourth-order valence-electron chi connectivity index (χ4n) is 4.88. The van der Waals surface area contributed by atoms with Crippen molar-refractivity contribution in [2.45, 2.75) is 50.8 Å². The number of nitrogens with zero attached hydrogens (tertiary/aromatic N) is 1. The number of hydrogen-bond acceptors (Lipinski definition) is 5. The zero-order chi connectivity index (χ0) is 22.3. The van der Waals surface area contributed by atoms with Gasteiger partial charge in [0.1, 0.15) is 19.0 Å². The normalized spacial score (nSPS) is 22.3. The SMILES string of the molecule is COCCOc1ccc(C(=O)C2CC3CCCC(C2)N3C(=O)OCc2ccccc2)cc1. The lowest BCUT2D eigenvalue weighted by atomic mass is 9.76. The molecule has 2 bridgehead atoms.